The zero-order valence-corrected chi connectivity index (χ0v) is 17.5. The van der Waals surface area contributed by atoms with Crippen LogP contribution in [0.5, 0.6) is 0 Å². The lowest BCUT2D eigenvalue weighted by Gasteiger charge is -2.10. The second-order valence-electron chi connectivity index (χ2n) is 6.71. The fourth-order valence-electron chi connectivity index (χ4n) is 2.54. The first kappa shape index (κ1) is 20.4. The van der Waals surface area contributed by atoms with Crippen LogP contribution in [0.4, 0.5) is 5.88 Å². The zero-order chi connectivity index (χ0) is 20.3. The molecule has 28 heavy (non-hydrogen) atoms. The van der Waals surface area contributed by atoms with Gasteiger partial charge in [-0.05, 0) is 57.4 Å². The molecule has 0 aliphatic heterocycles. The highest BCUT2D eigenvalue weighted by molar-refractivity contribution is 7.91. The Morgan fingerprint density at radius 1 is 1.07 bits per heavy atom. The molecule has 6 nitrogen and oxygen atoms in total. The highest BCUT2D eigenvalue weighted by Crippen LogP contribution is 2.32. The van der Waals surface area contributed by atoms with E-state index in [0.29, 0.717) is 23.7 Å². The maximum absolute atomic E-state index is 13.2. The van der Waals surface area contributed by atoms with Gasteiger partial charge in [-0.1, -0.05) is 29.3 Å². The predicted octanol–water partition coefficient (Wildman–Crippen LogP) is 4.11. The standard InChI is InChI=1S/C20H22ClN3O3S/c1-14-4-10-17(11-5-14)28(25,26)20-19(22-12-13-24(2)3)27-18(23-20)15-6-8-16(21)9-7-15/h4-11,22H,12-13H2,1-3H3. The van der Waals surface area contributed by atoms with Gasteiger partial charge in [0, 0.05) is 23.7 Å². The molecule has 3 aromatic rings. The second-order valence-corrected chi connectivity index (χ2v) is 9.01. The molecule has 0 atom stereocenters. The summed E-state index contributed by atoms with van der Waals surface area (Å²) in [5, 5.41) is 3.51. The highest BCUT2D eigenvalue weighted by atomic mass is 35.5. The van der Waals surface area contributed by atoms with Crippen LogP contribution in [0.15, 0.2) is 62.9 Å². The van der Waals surface area contributed by atoms with Crippen LogP contribution in [0, 0.1) is 6.92 Å². The molecule has 0 aliphatic rings. The lowest BCUT2D eigenvalue weighted by molar-refractivity contribution is 0.423. The van der Waals surface area contributed by atoms with E-state index in [2.05, 4.69) is 10.3 Å². The van der Waals surface area contributed by atoms with Crippen LogP contribution in [0.25, 0.3) is 11.5 Å². The van der Waals surface area contributed by atoms with Crippen LogP contribution < -0.4 is 5.32 Å². The molecule has 0 aliphatic carbocycles. The van der Waals surface area contributed by atoms with Crippen molar-refractivity contribution in [2.75, 3.05) is 32.5 Å². The van der Waals surface area contributed by atoms with E-state index < -0.39 is 9.84 Å². The maximum Gasteiger partial charge on any atom is 0.233 e. The van der Waals surface area contributed by atoms with E-state index in [9.17, 15) is 8.42 Å². The van der Waals surface area contributed by atoms with E-state index >= 15 is 0 Å². The summed E-state index contributed by atoms with van der Waals surface area (Å²) in [6.07, 6.45) is 0. The van der Waals surface area contributed by atoms with Gasteiger partial charge in [0.2, 0.25) is 26.6 Å². The van der Waals surface area contributed by atoms with Crippen molar-refractivity contribution in [1.29, 1.82) is 0 Å². The molecule has 1 aromatic heterocycles. The summed E-state index contributed by atoms with van der Waals surface area (Å²) < 4.78 is 32.1. The first-order valence-corrected chi connectivity index (χ1v) is 10.6. The Morgan fingerprint density at radius 2 is 1.71 bits per heavy atom. The molecule has 8 heteroatoms. The molecule has 0 saturated carbocycles. The molecule has 0 unspecified atom stereocenters. The van der Waals surface area contributed by atoms with Gasteiger partial charge in [0.1, 0.15) is 0 Å². The third-order valence-electron chi connectivity index (χ3n) is 4.12. The maximum atomic E-state index is 13.2. The van der Waals surface area contributed by atoms with Crippen LogP contribution in [0.2, 0.25) is 5.02 Å². The first-order valence-electron chi connectivity index (χ1n) is 8.74. The van der Waals surface area contributed by atoms with Crippen LogP contribution in [0.3, 0.4) is 0 Å². The largest absolute Gasteiger partial charge is 0.419 e. The van der Waals surface area contributed by atoms with E-state index in [4.69, 9.17) is 16.0 Å². The molecule has 0 bridgehead atoms. The minimum atomic E-state index is -3.84. The van der Waals surface area contributed by atoms with Gasteiger partial charge in [0.15, 0.2) is 0 Å². The van der Waals surface area contributed by atoms with Gasteiger partial charge in [0.25, 0.3) is 0 Å². The lowest BCUT2D eigenvalue weighted by atomic mass is 10.2. The van der Waals surface area contributed by atoms with E-state index in [1.807, 2.05) is 25.9 Å². The van der Waals surface area contributed by atoms with Crippen LogP contribution in [0.1, 0.15) is 5.56 Å². The summed E-state index contributed by atoms with van der Waals surface area (Å²) >= 11 is 5.94. The number of benzene rings is 2. The van der Waals surface area contributed by atoms with Gasteiger partial charge in [0.05, 0.1) is 4.90 Å². The van der Waals surface area contributed by atoms with Crippen molar-refractivity contribution >= 4 is 27.3 Å². The van der Waals surface area contributed by atoms with Gasteiger partial charge in [-0.25, -0.2) is 8.42 Å². The van der Waals surface area contributed by atoms with E-state index in [1.165, 1.54) is 0 Å². The normalized spacial score (nSPS) is 11.8. The lowest BCUT2D eigenvalue weighted by Crippen LogP contribution is -2.21. The average molecular weight is 420 g/mol. The topological polar surface area (TPSA) is 75.4 Å². The SMILES string of the molecule is Cc1ccc(S(=O)(=O)c2nc(-c3ccc(Cl)cc3)oc2NCCN(C)C)cc1. The molecule has 1 heterocycles. The highest BCUT2D eigenvalue weighted by Gasteiger charge is 2.28. The van der Waals surface area contributed by atoms with Crippen molar-refractivity contribution in [3.05, 3.63) is 59.1 Å². The van der Waals surface area contributed by atoms with E-state index in [-0.39, 0.29) is 21.7 Å². The van der Waals surface area contributed by atoms with Gasteiger partial charge >= 0.3 is 0 Å². The Bertz CT molecular complexity index is 1040. The minimum Gasteiger partial charge on any atom is -0.419 e. The number of oxazole rings is 1. The smallest absolute Gasteiger partial charge is 0.233 e. The Labute approximate surface area is 170 Å². The quantitative estimate of drug-likeness (QED) is 0.621. The predicted molar refractivity (Wildman–Crippen MR) is 111 cm³/mol. The molecule has 0 amide bonds. The molecule has 1 N–H and O–H groups in total. The van der Waals surface area contributed by atoms with Gasteiger partial charge in [-0.15, -0.1) is 0 Å². The number of aryl methyl sites for hydroxylation is 1. The third-order valence-corrected chi connectivity index (χ3v) is 6.05. The van der Waals surface area contributed by atoms with Crippen molar-refractivity contribution < 1.29 is 12.8 Å². The average Bonchev–Trinajstić information content (AvgIpc) is 3.07. The number of halogens is 1. The summed E-state index contributed by atoms with van der Waals surface area (Å²) in [7, 11) is 0.0319. The van der Waals surface area contributed by atoms with Crippen LogP contribution in [-0.4, -0.2) is 45.5 Å². The summed E-state index contributed by atoms with van der Waals surface area (Å²) in [6.45, 7) is 3.12. The molecular weight excluding hydrogens is 398 g/mol. The molecule has 0 saturated heterocycles. The molecule has 0 fully saturated rings. The van der Waals surface area contributed by atoms with Crippen molar-refractivity contribution in [2.24, 2.45) is 0 Å². The number of anilines is 1. The number of sulfone groups is 1. The fourth-order valence-corrected chi connectivity index (χ4v) is 3.94. The fraction of sp³-hybridized carbons (Fsp3) is 0.250. The summed E-state index contributed by atoms with van der Waals surface area (Å²) in [4.78, 5) is 6.46. The number of aromatic nitrogens is 1. The van der Waals surface area contributed by atoms with Gasteiger partial charge in [-0.2, -0.15) is 4.98 Å². The van der Waals surface area contributed by atoms with E-state index in [1.54, 1.807) is 48.5 Å². The third kappa shape index (κ3) is 4.55. The number of nitrogens with zero attached hydrogens (tertiary/aromatic N) is 2. The molecule has 0 spiro atoms. The molecule has 2 aromatic carbocycles. The molecule has 148 valence electrons. The Balaban J connectivity index is 2.03. The summed E-state index contributed by atoms with van der Waals surface area (Å²) in [5.74, 6) is 0.349. The van der Waals surface area contributed by atoms with Crippen molar-refractivity contribution in [3.8, 4) is 11.5 Å². The first-order chi connectivity index (χ1) is 13.3. The number of hydrogen-bond acceptors (Lipinski definition) is 6. The van der Waals surface area contributed by atoms with Gasteiger partial charge in [-0.3, -0.25) is 0 Å². The Kier molecular flexibility index (Phi) is 6.07. The number of likely N-dealkylation sites (N-methyl/N-ethyl adjacent to an activating group) is 1. The van der Waals surface area contributed by atoms with Crippen molar-refractivity contribution in [1.82, 2.24) is 9.88 Å². The van der Waals surface area contributed by atoms with Crippen molar-refractivity contribution in [2.45, 2.75) is 16.8 Å². The van der Waals surface area contributed by atoms with Crippen LogP contribution in [-0.2, 0) is 9.84 Å². The minimum absolute atomic E-state index is 0.125. The van der Waals surface area contributed by atoms with Crippen molar-refractivity contribution in [3.63, 3.8) is 0 Å². The molecule has 0 radical (unpaired) electrons. The zero-order valence-electron chi connectivity index (χ0n) is 15.9. The molecule has 3 rings (SSSR count). The number of rotatable bonds is 7. The monoisotopic (exact) mass is 419 g/mol. The number of nitrogens with one attached hydrogen (secondary N) is 1. The molecular formula is C20H22ClN3O3S. The van der Waals surface area contributed by atoms with E-state index in [0.717, 1.165) is 5.56 Å². The Hall–Kier alpha value is -2.35. The van der Waals surface area contributed by atoms with Gasteiger partial charge < -0.3 is 14.6 Å². The Morgan fingerprint density at radius 3 is 2.32 bits per heavy atom. The van der Waals surface area contributed by atoms with Crippen LogP contribution >= 0.6 is 11.6 Å². The number of hydrogen-bond donors (Lipinski definition) is 1. The second kappa shape index (κ2) is 8.34. The summed E-state index contributed by atoms with van der Waals surface area (Å²) in [6, 6.07) is 13.5. The summed E-state index contributed by atoms with van der Waals surface area (Å²) in [5.41, 5.74) is 1.62.